The largest absolute Gasteiger partial charge is 0.497 e. The molecular formula is C14H14BrN3O2. The van der Waals surface area contributed by atoms with Gasteiger partial charge in [-0.1, -0.05) is 0 Å². The lowest BCUT2D eigenvalue weighted by atomic mass is 10.2. The van der Waals surface area contributed by atoms with Crippen molar-refractivity contribution in [2.45, 2.75) is 6.42 Å². The van der Waals surface area contributed by atoms with Crippen LogP contribution in [-0.4, -0.2) is 23.8 Å². The summed E-state index contributed by atoms with van der Waals surface area (Å²) in [4.78, 5) is 4.50. The zero-order chi connectivity index (χ0) is 14.7. The van der Waals surface area contributed by atoms with Gasteiger partial charge in [-0.15, -0.1) is 0 Å². The highest BCUT2D eigenvalue weighted by atomic mass is 79.9. The molecule has 0 saturated heterocycles. The number of benzene rings is 1. The number of hydrogen-bond donors (Lipinski definition) is 0. The molecule has 104 valence electrons. The number of nitriles is 1. The lowest BCUT2D eigenvalue weighted by Gasteiger charge is -2.08. The molecule has 6 heteroatoms. The van der Waals surface area contributed by atoms with Crippen molar-refractivity contribution in [3.8, 4) is 29.0 Å². The van der Waals surface area contributed by atoms with Crippen LogP contribution in [0.2, 0.25) is 0 Å². The van der Waals surface area contributed by atoms with E-state index in [1.54, 1.807) is 20.3 Å². The van der Waals surface area contributed by atoms with Crippen LogP contribution in [0.3, 0.4) is 0 Å². The number of aromatic nitrogens is 2. The molecule has 0 aliphatic heterocycles. The Kier molecular flexibility index (Phi) is 4.30. The highest BCUT2D eigenvalue weighted by molar-refractivity contribution is 9.10. The van der Waals surface area contributed by atoms with Gasteiger partial charge in [-0.25, -0.2) is 4.98 Å². The summed E-state index contributed by atoms with van der Waals surface area (Å²) in [6, 6.07) is 7.67. The van der Waals surface area contributed by atoms with Gasteiger partial charge < -0.3 is 14.0 Å². The van der Waals surface area contributed by atoms with Gasteiger partial charge in [0.05, 0.1) is 32.4 Å². The minimum atomic E-state index is 0.259. The molecule has 1 heterocycles. The predicted octanol–water partition coefficient (Wildman–Crippen LogP) is 2.93. The molecule has 0 unspecified atom stereocenters. The second kappa shape index (κ2) is 5.97. The van der Waals surface area contributed by atoms with E-state index in [2.05, 4.69) is 27.0 Å². The molecule has 2 aromatic rings. The average Bonchev–Trinajstić information content (AvgIpc) is 2.75. The van der Waals surface area contributed by atoms with Gasteiger partial charge in [-0.2, -0.15) is 5.26 Å². The monoisotopic (exact) mass is 335 g/mol. The zero-order valence-corrected chi connectivity index (χ0v) is 13.1. The Balaban J connectivity index is 2.56. The van der Waals surface area contributed by atoms with Crippen LogP contribution in [0.4, 0.5) is 0 Å². The molecule has 5 nitrogen and oxygen atoms in total. The Morgan fingerprint density at radius 2 is 1.85 bits per heavy atom. The van der Waals surface area contributed by atoms with Crippen molar-refractivity contribution < 1.29 is 9.47 Å². The van der Waals surface area contributed by atoms with Crippen LogP contribution >= 0.6 is 15.9 Å². The van der Waals surface area contributed by atoms with E-state index in [1.165, 1.54) is 0 Å². The summed E-state index contributed by atoms with van der Waals surface area (Å²) in [6.07, 6.45) is 0.259. The van der Waals surface area contributed by atoms with Crippen molar-refractivity contribution in [3.63, 3.8) is 0 Å². The summed E-state index contributed by atoms with van der Waals surface area (Å²) < 4.78 is 13.2. The lowest BCUT2D eigenvalue weighted by molar-refractivity contribution is 0.394. The number of rotatable bonds is 4. The molecule has 0 N–H and O–H groups in total. The Morgan fingerprint density at radius 1 is 1.25 bits per heavy atom. The van der Waals surface area contributed by atoms with Gasteiger partial charge in [0.2, 0.25) is 0 Å². The van der Waals surface area contributed by atoms with Gasteiger partial charge in [0, 0.05) is 18.7 Å². The zero-order valence-electron chi connectivity index (χ0n) is 11.5. The number of ether oxygens (including phenoxy) is 2. The summed E-state index contributed by atoms with van der Waals surface area (Å²) in [6.45, 7) is 0. The third kappa shape index (κ3) is 2.63. The smallest absolute Gasteiger partial charge is 0.141 e. The molecule has 0 saturated carbocycles. The molecule has 2 rings (SSSR count). The molecular weight excluding hydrogens is 322 g/mol. The van der Waals surface area contributed by atoms with Gasteiger partial charge in [0.25, 0.3) is 0 Å². The molecule has 0 atom stereocenters. The van der Waals surface area contributed by atoms with Crippen LogP contribution < -0.4 is 9.47 Å². The first kappa shape index (κ1) is 14.4. The van der Waals surface area contributed by atoms with Gasteiger partial charge in [0.15, 0.2) is 0 Å². The number of imidazole rings is 1. The SMILES string of the molecule is COc1cc(OC)cc(-c2nc(CC#N)c(Br)n2C)c1. The van der Waals surface area contributed by atoms with E-state index in [4.69, 9.17) is 14.7 Å². The maximum atomic E-state index is 8.82. The average molecular weight is 336 g/mol. The van der Waals surface area contributed by atoms with E-state index < -0.39 is 0 Å². The lowest BCUT2D eigenvalue weighted by Crippen LogP contribution is -1.95. The van der Waals surface area contributed by atoms with Crippen LogP contribution in [0.1, 0.15) is 5.69 Å². The van der Waals surface area contributed by atoms with Crippen LogP contribution in [0, 0.1) is 11.3 Å². The van der Waals surface area contributed by atoms with Crippen LogP contribution in [-0.2, 0) is 13.5 Å². The molecule has 0 spiro atoms. The fourth-order valence-corrected chi connectivity index (χ4v) is 2.31. The molecule has 1 aromatic heterocycles. The summed E-state index contributed by atoms with van der Waals surface area (Å²) in [5.74, 6) is 2.14. The highest BCUT2D eigenvalue weighted by Gasteiger charge is 2.15. The van der Waals surface area contributed by atoms with Crippen molar-refractivity contribution in [2.24, 2.45) is 7.05 Å². The number of halogens is 1. The summed E-state index contributed by atoms with van der Waals surface area (Å²) in [5.41, 5.74) is 1.58. The molecule has 0 radical (unpaired) electrons. The highest BCUT2D eigenvalue weighted by Crippen LogP contribution is 2.31. The van der Waals surface area contributed by atoms with E-state index in [9.17, 15) is 0 Å². The summed E-state index contributed by atoms with van der Waals surface area (Å²) in [5, 5.41) is 8.82. The summed E-state index contributed by atoms with van der Waals surface area (Å²) in [7, 11) is 5.10. The van der Waals surface area contributed by atoms with Crippen LogP contribution in [0.25, 0.3) is 11.4 Å². The number of hydrogen-bond acceptors (Lipinski definition) is 4. The van der Waals surface area contributed by atoms with Gasteiger partial charge in [-0.05, 0) is 28.1 Å². The van der Waals surface area contributed by atoms with Gasteiger partial charge in [-0.3, -0.25) is 0 Å². The molecule has 20 heavy (non-hydrogen) atoms. The molecule has 1 aromatic carbocycles. The molecule has 0 bridgehead atoms. The molecule has 0 aliphatic carbocycles. The van der Waals surface area contributed by atoms with E-state index in [-0.39, 0.29) is 6.42 Å². The first-order valence-corrected chi connectivity index (χ1v) is 6.71. The predicted molar refractivity (Wildman–Crippen MR) is 78.8 cm³/mol. The normalized spacial score (nSPS) is 10.2. The first-order chi connectivity index (χ1) is 9.60. The van der Waals surface area contributed by atoms with Crippen molar-refractivity contribution in [2.75, 3.05) is 14.2 Å². The van der Waals surface area contributed by atoms with E-state index >= 15 is 0 Å². The minimum Gasteiger partial charge on any atom is -0.497 e. The van der Waals surface area contributed by atoms with Crippen molar-refractivity contribution in [1.82, 2.24) is 9.55 Å². The molecule has 0 aliphatic rings. The van der Waals surface area contributed by atoms with Crippen LogP contribution in [0.15, 0.2) is 22.8 Å². The second-order valence-corrected chi connectivity index (χ2v) is 4.92. The van der Waals surface area contributed by atoms with Gasteiger partial charge >= 0.3 is 0 Å². The minimum absolute atomic E-state index is 0.259. The van der Waals surface area contributed by atoms with Crippen molar-refractivity contribution in [1.29, 1.82) is 5.26 Å². The Bertz CT molecular complexity index is 652. The van der Waals surface area contributed by atoms with E-state index in [0.29, 0.717) is 17.2 Å². The third-order valence-corrected chi connectivity index (χ3v) is 3.94. The second-order valence-electron chi connectivity index (χ2n) is 4.17. The first-order valence-electron chi connectivity index (χ1n) is 5.92. The van der Waals surface area contributed by atoms with E-state index in [1.807, 2.05) is 23.7 Å². The maximum Gasteiger partial charge on any atom is 0.141 e. The number of methoxy groups -OCH3 is 2. The summed E-state index contributed by atoms with van der Waals surface area (Å²) >= 11 is 3.46. The Hall–Kier alpha value is -2.00. The Morgan fingerprint density at radius 3 is 2.35 bits per heavy atom. The molecule has 0 amide bonds. The fraction of sp³-hybridized carbons (Fsp3) is 0.286. The van der Waals surface area contributed by atoms with E-state index in [0.717, 1.165) is 16.0 Å². The third-order valence-electron chi connectivity index (χ3n) is 2.95. The van der Waals surface area contributed by atoms with Crippen LogP contribution in [0.5, 0.6) is 11.5 Å². The number of nitrogens with zero attached hydrogens (tertiary/aromatic N) is 3. The van der Waals surface area contributed by atoms with Crippen molar-refractivity contribution in [3.05, 3.63) is 28.5 Å². The fourth-order valence-electron chi connectivity index (χ4n) is 1.92. The van der Waals surface area contributed by atoms with Crippen molar-refractivity contribution >= 4 is 15.9 Å². The van der Waals surface area contributed by atoms with Gasteiger partial charge in [0.1, 0.15) is 21.9 Å². The molecule has 0 fully saturated rings. The maximum absolute atomic E-state index is 8.82. The Labute approximate surface area is 125 Å². The quantitative estimate of drug-likeness (QED) is 0.861. The standard InChI is InChI=1S/C14H14BrN3O2/c1-18-13(15)12(4-5-16)17-14(18)9-6-10(19-2)8-11(7-9)20-3/h6-8H,4H2,1-3H3. The topological polar surface area (TPSA) is 60.1 Å².